The number of nitrogens with zero attached hydrogens (tertiary/aromatic N) is 1. The number of rotatable bonds is 2. The lowest BCUT2D eigenvalue weighted by Gasteiger charge is -1.92. The number of hydrazone groups is 1. The zero-order chi connectivity index (χ0) is 9.84. The predicted octanol–water partition coefficient (Wildman–Crippen LogP) is 2.22. The van der Waals surface area contributed by atoms with Crippen molar-refractivity contribution < 1.29 is 0 Å². The largest absolute Gasteiger partial charge is 0.375 e. The molecule has 0 spiro atoms. The van der Waals surface area contributed by atoms with Gasteiger partial charge in [0.1, 0.15) is 4.34 Å². The maximum atomic E-state index is 5.81. The third-order valence-corrected chi connectivity index (χ3v) is 2.67. The molecule has 1 heterocycles. The first kappa shape index (κ1) is 10.7. The molecule has 3 nitrogen and oxygen atoms in total. The van der Waals surface area contributed by atoms with Crippen LogP contribution in [-0.4, -0.2) is 11.3 Å². The third-order valence-electron chi connectivity index (χ3n) is 1.06. The van der Waals surface area contributed by atoms with Crippen LogP contribution in [-0.2, 0) is 0 Å². The molecule has 0 atom stereocenters. The van der Waals surface area contributed by atoms with Crippen molar-refractivity contribution in [1.29, 1.82) is 0 Å². The highest BCUT2D eigenvalue weighted by molar-refractivity contribution is 7.80. The maximum Gasteiger partial charge on any atom is 0.184 e. The predicted molar refractivity (Wildman–Crippen MR) is 61.9 cm³/mol. The highest BCUT2D eigenvalue weighted by Gasteiger charge is 2.02. The topological polar surface area (TPSA) is 50.4 Å². The summed E-state index contributed by atoms with van der Waals surface area (Å²) in [5.74, 6) is 0. The molecule has 3 N–H and O–H groups in total. The van der Waals surface area contributed by atoms with Crippen molar-refractivity contribution in [1.82, 2.24) is 5.43 Å². The van der Waals surface area contributed by atoms with Crippen molar-refractivity contribution in [3.63, 3.8) is 0 Å². The van der Waals surface area contributed by atoms with Gasteiger partial charge < -0.3 is 5.73 Å². The molecule has 0 saturated carbocycles. The second-order valence-electron chi connectivity index (χ2n) is 2.01. The second-order valence-corrected chi connectivity index (χ2v) is 4.74. The summed E-state index contributed by atoms with van der Waals surface area (Å²) in [7, 11) is 0. The number of thiophene rings is 1. The fourth-order valence-electron chi connectivity index (χ4n) is 0.606. The first-order valence-electron chi connectivity index (χ1n) is 3.13. The van der Waals surface area contributed by atoms with Crippen LogP contribution >= 0.6 is 46.8 Å². The van der Waals surface area contributed by atoms with Gasteiger partial charge in [0, 0.05) is 5.56 Å². The summed E-state index contributed by atoms with van der Waals surface area (Å²) < 4.78 is 1.19. The van der Waals surface area contributed by atoms with Crippen molar-refractivity contribution in [2.75, 3.05) is 0 Å². The van der Waals surface area contributed by atoms with E-state index < -0.39 is 0 Å². The van der Waals surface area contributed by atoms with Crippen LogP contribution in [0.2, 0.25) is 8.67 Å². The van der Waals surface area contributed by atoms with Crippen LogP contribution < -0.4 is 11.2 Å². The van der Waals surface area contributed by atoms with Crippen molar-refractivity contribution in [3.05, 3.63) is 20.3 Å². The van der Waals surface area contributed by atoms with Gasteiger partial charge in [-0.1, -0.05) is 23.2 Å². The SMILES string of the molecule is NC(=S)NN=Cc1cc(Cl)sc1Cl. The Morgan fingerprint density at radius 1 is 1.69 bits per heavy atom. The summed E-state index contributed by atoms with van der Waals surface area (Å²) in [6, 6.07) is 1.71. The van der Waals surface area contributed by atoms with Gasteiger partial charge >= 0.3 is 0 Å². The van der Waals surface area contributed by atoms with Gasteiger partial charge in [-0.05, 0) is 18.3 Å². The zero-order valence-electron chi connectivity index (χ0n) is 6.25. The smallest absolute Gasteiger partial charge is 0.184 e. The van der Waals surface area contributed by atoms with E-state index in [1.54, 1.807) is 6.07 Å². The second kappa shape index (κ2) is 4.76. The average Bonchev–Trinajstić information content (AvgIpc) is 2.29. The van der Waals surface area contributed by atoms with Gasteiger partial charge in [-0.3, -0.25) is 5.43 Å². The maximum absolute atomic E-state index is 5.81. The molecule has 0 amide bonds. The van der Waals surface area contributed by atoms with Crippen molar-refractivity contribution in [2.45, 2.75) is 0 Å². The van der Waals surface area contributed by atoms with E-state index in [1.165, 1.54) is 17.6 Å². The molecular weight excluding hydrogens is 249 g/mol. The summed E-state index contributed by atoms with van der Waals surface area (Å²) >= 11 is 17.3. The van der Waals surface area contributed by atoms with E-state index in [0.29, 0.717) is 8.67 Å². The Kier molecular flexibility index (Phi) is 3.92. The van der Waals surface area contributed by atoms with E-state index >= 15 is 0 Å². The molecule has 0 aromatic carbocycles. The highest BCUT2D eigenvalue weighted by atomic mass is 35.5. The Morgan fingerprint density at radius 2 is 2.38 bits per heavy atom. The summed E-state index contributed by atoms with van der Waals surface area (Å²) in [4.78, 5) is 0. The standard InChI is InChI=1S/C6H5Cl2N3S2/c7-4-1-3(5(8)13-4)2-10-11-6(9)12/h1-2H,(H3,9,11,12). The Hall–Kier alpha value is -0.360. The van der Waals surface area contributed by atoms with E-state index in [2.05, 4.69) is 22.7 Å². The summed E-state index contributed by atoms with van der Waals surface area (Å²) in [5.41, 5.74) is 8.30. The Morgan fingerprint density at radius 3 is 2.85 bits per heavy atom. The van der Waals surface area contributed by atoms with Crippen molar-refractivity contribution >= 4 is 58.1 Å². The fraction of sp³-hybridized carbons (Fsp3) is 0. The lowest BCUT2D eigenvalue weighted by molar-refractivity contribution is 1.04. The van der Waals surface area contributed by atoms with Crippen LogP contribution in [0.25, 0.3) is 0 Å². The van der Waals surface area contributed by atoms with Crippen LogP contribution in [0.3, 0.4) is 0 Å². The number of nitrogens with two attached hydrogens (primary N) is 1. The molecular formula is C6H5Cl2N3S2. The molecule has 0 saturated heterocycles. The zero-order valence-corrected chi connectivity index (χ0v) is 9.40. The minimum absolute atomic E-state index is 0.105. The molecule has 0 aliphatic carbocycles. The molecule has 1 aromatic rings. The van der Waals surface area contributed by atoms with Gasteiger partial charge in [0.2, 0.25) is 0 Å². The third kappa shape index (κ3) is 3.48. The normalized spacial score (nSPS) is 10.6. The molecule has 0 bridgehead atoms. The lowest BCUT2D eigenvalue weighted by atomic mass is 10.4. The monoisotopic (exact) mass is 253 g/mol. The number of thiocarbonyl (C=S) groups is 1. The first-order valence-corrected chi connectivity index (χ1v) is 5.11. The minimum Gasteiger partial charge on any atom is -0.375 e. The van der Waals surface area contributed by atoms with E-state index in [4.69, 9.17) is 28.9 Å². The van der Waals surface area contributed by atoms with E-state index in [1.807, 2.05) is 0 Å². The molecule has 13 heavy (non-hydrogen) atoms. The van der Waals surface area contributed by atoms with Crippen LogP contribution in [0.4, 0.5) is 0 Å². The number of nitrogens with one attached hydrogen (secondary N) is 1. The van der Waals surface area contributed by atoms with Crippen molar-refractivity contribution in [2.24, 2.45) is 10.8 Å². The Labute approximate surface area is 94.5 Å². The Balaban J connectivity index is 2.68. The summed E-state index contributed by atoms with van der Waals surface area (Å²) in [6.45, 7) is 0. The number of hydrogen-bond acceptors (Lipinski definition) is 3. The molecule has 70 valence electrons. The van der Waals surface area contributed by atoms with Gasteiger partial charge in [0.25, 0.3) is 0 Å². The Bertz CT molecular complexity index is 348. The number of hydrogen-bond donors (Lipinski definition) is 2. The fourth-order valence-corrected chi connectivity index (χ4v) is 2.07. The van der Waals surface area contributed by atoms with Crippen LogP contribution in [0.15, 0.2) is 11.2 Å². The summed E-state index contributed by atoms with van der Waals surface area (Å²) in [6.07, 6.45) is 1.50. The van der Waals surface area contributed by atoms with E-state index in [0.717, 1.165) is 5.56 Å². The molecule has 1 aromatic heterocycles. The molecule has 0 radical (unpaired) electrons. The number of halogens is 2. The van der Waals surface area contributed by atoms with Crippen LogP contribution in [0.5, 0.6) is 0 Å². The van der Waals surface area contributed by atoms with Gasteiger partial charge in [-0.2, -0.15) is 5.10 Å². The highest BCUT2D eigenvalue weighted by Crippen LogP contribution is 2.29. The first-order chi connectivity index (χ1) is 6.09. The molecule has 7 heteroatoms. The molecule has 0 aliphatic heterocycles. The van der Waals surface area contributed by atoms with Gasteiger partial charge in [-0.25, -0.2) is 0 Å². The molecule has 1 rings (SSSR count). The van der Waals surface area contributed by atoms with Gasteiger partial charge in [-0.15, -0.1) is 11.3 Å². The van der Waals surface area contributed by atoms with Gasteiger partial charge in [0.05, 0.1) is 10.6 Å². The van der Waals surface area contributed by atoms with E-state index in [-0.39, 0.29) is 5.11 Å². The quantitative estimate of drug-likeness (QED) is 0.483. The molecule has 0 fully saturated rings. The van der Waals surface area contributed by atoms with Crippen molar-refractivity contribution in [3.8, 4) is 0 Å². The van der Waals surface area contributed by atoms with Crippen LogP contribution in [0.1, 0.15) is 5.56 Å². The van der Waals surface area contributed by atoms with Crippen LogP contribution in [0, 0.1) is 0 Å². The summed E-state index contributed by atoms with van der Waals surface area (Å²) in [5, 5.41) is 3.84. The van der Waals surface area contributed by atoms with E-state index in [9.17, 15) is 0 Å². The lowest BCUT2D eigenvalue weighted by Crippen LogP contribution is -2.23. The minimum atomic E-state index is 0.105. The molecule has 0 aliphatic rings. The molecule has 0 unspecified atom stereocenters. The average molecular weight is 254 g/mol. The van der Waals surface area contributed by atoms with Gasteiger partial charge in [0.15, 0.2) is 5.11 Å².